The van der Waals surface area contributed by atoms with Crippen molar-refractivity contribution in [1.82, 2.24) is 5.32 Å². The molecule has 0 fully saturated rings. The van der Waals surface area contributed by atoms with Gasteiger partial charge in [0.2, 0.25) is 5.82 Å². The SMILES string of the molecule is CCCCCCCCCCCCCCOC(=O)C(CC(C)C)NC(=O)c1c(F)c(F)c(F)c(F)c1F. The maximum Gasteiger partial charge on any atom is 0.328 e. The molecule has 0 bridgehead atoms. The quantitative estimate of drug-likeness (QED) is 0.0706. The highest BCUT2D eigenvalue weighted by Gasteiger charge is 2.32. The zero-order valence-corrected chi connectivity index (χ0v) is 21.7. The normalized spacial score (nSPS) is 12.1. The van der Waals surface area contributed by atoms with Gasteiger partial charge < -0.3 is 10.1 Å². The second-order valence-corrected chi connectivity index (χ2v) is 9.66. The Morgan fingerprint density at radius 2 is 1.11 bits per heavy atom. The summed E-state index contributed by atoms with van der Waals surface area (Å²) in [6.07, 6.45) is 13.8. The third kappa shape index (κ3) is 10.8. The fourth-order valence-corrected chi connectivity index (χ4v) is 3.94. The van der Waals surface area contributed by atoms with Crippen LogP contribution in [-0.4, -0.2) is 24.5 Å². The minimum atomic E-state index is -2.36. The number of benzene rings is 1. The molecular weight excluding hydrogens is 481 g/mol. The standard InChI is InChI=1S/C27H40F5NO3/c1-4-5-6-7-8-9-10-11-12-13-14-15-16-36-27(35)19(17-18(2)3)33-26(34)20-21(28)23(30)25(32)24(31)22(20)29/h18-19H,4-17H2,1-3H3,(H,33,34). The second-order valence-electron chi connectivity index (χ2n) is 9.66. The average molecular weight is 522 g/mol. The smallest absolute Gasteiger partial charge is 0.328 e. The number of amides is 1. The number of hydrogen-bond acceptors (Lipinski definition) is 3. The van der Waals surface area contributed by atoms with Crippen molar-refractivity contribution < 1.29 is 36.3 Å². The summed E-state index contributed by atoms with van der Waals surface area (Å²) >= 11 is 0. The van der Waals surface area contributed by atoms with Crippen LogP contribution in [-0.2, 0) is 9.53 Å². The van der Waals surface area contributed by atoms with Gasteiger partial charge in [-0.2, -0.15) is 0 Å². The van der Waals surface area contributed by atoms with Gasteiger partial charge in [0, 0.05) is 0 Å². The number of unbranched alkanes of at least 4 members (excludes halogenated alkanes) is 11. The molecule has 0 radical (unpaired) electrons. The summed E-state index contributed by atoms with van der Waals surface area (Å²) in [6, 6.07) is -1.29. The fourth-order valence-electron chi connectivity index (χ4n) is 3.94. The number of carbonyl (C=O) groups is 2. The van der Waals surface area contributed by atoms with Crippen LogP contribution in [0.4, 0.5) is 22.0 Å². The Morgan fingerprint density at radius 1 is 0.694 bits per heavy atom. The Bertz CT molecular complexity index is 803. The molecule has 1 N–H and O–H groups in total. The lowest BCUT2D eigenvalue weighted by Crippen LogP contribution is -2.43. The van der Waals surface area contributed by atoms with Gasteiger partial charge in [0.1, 0.15) is 11.6 Å². The lowest BCUT2D eigenvalue weighted by Gasteiger charge is -2.20. The van der Waals surface area contributed by atoms with Crippen LogP contribution in [0, 0.1) is 35.0 Å². The molecule has 1 aromatic carbocycles. The Kier molecular flexibility index (Phi) is 15.3. The summed E-state index contributed by atoms with van der Waals surface area (Å²) in [5.74, 6) is -13.8. The van der Waals surface area contributed by atoms with Crippen LogP contribution in [0.25, 0.3) is 0 Å². The number of esters is 1. The van der Waals surface area contributed by atoms with Crippen LogP contribution in [0.1, 0.15) is 115 Å². The Hall–Kier alpha value is -2.19. The van der Waals surface area contributed by atoms with Gasteiger partial charge in [0.15, 0.2) is 23.3 Å². The van der Waals surface area contributed by atoms with Crippen molar-refractivity contribution in [2.45, 2.75) is 110 Å². The Morgan fingerprint density at radius 3 is 1.56 bits per heavy atom. The molecule has 1 unspecified atom stereocenters. The van der Waals surface area contributed by atoms with E-state index in [0.717, 1.165) is 19.3 Å². The molecule has 1 aromatic rings. The minimum absolute atomic E-state index is 0.0679. The molecule has 1 atom stereocenters. The number of nitrogens with one attached hydrogen (secondary N) is 1. The van der Waals surface area contributed by atoms with E-state index in [9.17, 15) is 31.5 Å². The summed E-state index contributed by atoms with van der Waals surface area (Å²) in [5.41, 5.74) is -1.63. The van der Waals surface area contributed by atoms with E-state index in [1.807, 2.05) is 0 Å². The van der Waals surface area contributed by atoms with E-state index >= 15 is 0 Å². The molecule has 0 aromatic heterocycles. The molecule has 1 amide bonds. The Balaban J connectivity index is 2.45. The number of ether oxygens (including phenoxy) is 1. The number of rotatable bonds is 18. The average Bonchev–Trinajstić information content (AvgIpc) is 2.83. The van der Waals surface area contributed by atoms with Crippen LogP contribution in [0.2, 0.25) is 0 Å². The maximum absolute atomic E-state index is 14.0. The van der Waals surface area contributed by atoms with E-state index in [1.54, 1.807) is 13.8 Å². The molecule has 0 aliphatic carbocycles. The van der Waals surface area contributed by atoms with Gasteiger partial charge >= 0.3 is 5.97 Å². The molecule has 0 saturated heterocycles. The molecule has 0 aliphatic heterocycles. The highest BCUT2D eigenvalue weighted by molar-refractivity contribution is 5.97. The summed E-state index contributed by atoms with van der Waals surface area (Å²) < 4.78 is 73.3. The first-order valence-corrected chi connectivity index (χ1v) is 13.1. The predicted octanol–water partition coefficient (Wildman–Crippen LogP) is 7.77. The highest BCUT2D eigenvalue weighted by atomic mass is 19.2. The molecular formula is C27H40F5NO3. The van der Waals surface area contributed by atoms with Crippen LogP contribution >= 0.6 is 0 Å². The Labute approximate surface area is 211 Å². The molecule has 0 spiro atoms. The van der Waals surface area contributed by atoms with Gasteiger partial charge in [-0.15, -0.1) is 0 Å². The predicted molar refractivity (Wildman–Crippen MR) is 129 cm³/mol. The van der Waals surface area contributed by atoms with Crippen molar-refractivity contribution >= 4 is 11.9 Å². The van der Waals surface area contributed by atoms with E-state index < -0.39 is 52.6 Å². The van der Waals surface area contributed by atoms with E-state index in [0.29, 0.717) is 6.42 Å². The lowest BCUT2D eigenvalue weighted by molar-refractivity contribution is -0.146. The number of hydrogen-bond donors (Lipinski definition) is 1. The monoisotopic (exact) mass is 521 g/mol. The van der Waals surface area contributed by atoms with Crippen molar-refractivity contribution in [3.63, 3.8) is 0 Å². The lowest BCUT2D eigenvalue weighted by atomic mass is 10.0. The van der Waals surface area contributed by atoms with Crippen LogP contribution in [0.3, 0.4) is 0 Å². The van der Waals surface area contributed by atoms with Gasteiger partial charge in [0.25, 0.3) is 5.91 Å². The van der Waals surface area contributed by atoms with E-state index in [-0.39, 0.29) is 18.9 Å². The van der Waals surface area contributed by atoms with Crippen molar-refractivity contribution in [3.8, 4) is 0 Å². The topological polar surface area (TPSA) is 55.4 Å². The van der Waals surface area contributed by atoms with Gasteiger partial charge in [-0.3, -0.25) is 4.79 Å². The molecule has 9 heteroatoms. The van der Waals surface area contributed by atoms with Crippen LogP contribution in [0.15, 0.2) is 0 Å². The van der Waals surface area contributed by atoms with Gasteiger partial charge in [-0.25, -0.2) is 26.7 Å². The molecule has 0 heterocycles. The first-order chi connectivity index (χ1) is 17.1. The summed E-state index contributed by atoms with van der Waals surface area (Å²) in [7, 11) is 0. The highest BCUT2D eigenvalue weighted by Crippen LogP contribution is 2.23. The van der Waals surface area contributed by atoms with Gasteiger partial charge in [-0.1, -0.05) is 91.4 Å². The second kappa shape index (κ2) is 17.3. The van der Waals surface area contributed by atoms with E-state index in [2.05, 4.69) is 12.2 Å². The summed E-state index contributed by atoms with van der Waals surface area (Å²) in [4.78, 5) is 24.8. The molecule has 206 valence electrons. The molecule has 4 nitrogen and oxygen atoms in total. The molecule has 0 saturated carbocycles. The third-order valence-electron chi connectivity index (χ3n) is 5.98. The van der Waals surface area contributed by atoms with E-state index in [4.69, 9.17) is 4.74 Å². The van der Waals surface area contributed by atoms with Crippen LogP contribution in [0.5, 0.6) is 0 Å². The zero-order valence-electron chi connectivity index (χ0n) is 21.7. The third-order valence-corrected chi connectivity index (χ3v) is 5.98. The minimum Gasteiger partial charge on any atom is -0.464 e. The zero-order chi connectivity index (χ0) is 27.1. The van der Waals surface area contributed by atoms with Crippen molar-refractivity contribution in [2.24, 2.45) is 5.92 Å². The summed E-state index contributed by atoms with van der Waals surface area (Å²) in [5, 5.41) is 2.07. The van der Waals surface area contributed by atoms with E-state index in [1.165, 1.54) is 51.4 Å². The first kappa shape index (κ1) is 31.8. The van der Waals surface area contributed by atoms with Crippen LogP contribution < -0.4 is 5.32 Å². The fraction of sp³-hybridized carbons (Fsp3) is 0.704. The molecule has 36 heavy (non-hydrogen) atoms. The van der Waals surface area contributed by atoms with Crippen molar-refractivity contribution in [2.75, 3.05) is 6.61 Å². The van der Waals surface area contributed by atoms with Gasteiger partial charge in [0.05, 0.1) is 6.61 Å². The largest absolute Gasteiger partial charge is 0.464 e. The van der Waals surface area contributed by atoms with Crippen molar-refractivity contribution in [1.29, 1.82) is 0 Å². The number of carbonyl (C=O) groups excluding carboxylic acids is 2. The maximum atomic E-state index is 14.0. The van der Waals surface area contributed by atoms with Crippen molar-refractivity contribution in [3.05, 3.63) is 34.6 Å². The summed E-state index contributed by atoms with van der Waals surface area (Å²) in [6.45, 7) is 5.81. The molecule has 1 rings (SSSR count). The van der Waals surface area contributed by atoms with Gasteiger partial charge in [-0.05, 0) is 18.8 Å². The first-order valence-electron chi connectivity index (χ1n) is 13.1. The number of halogens is 5. The molecule has 0 aliphatic rings.